The fourth-order valence-corrected chi connectivity index (χ4v) is 1.83. The molecule has 0 radical (unpaired) electrons. The van der Waals surface area contributed by atoms with Gasteiger partial charge in [0.05, 0.1) is 0 Å². The van der Waals surface area contributed by atoms with E-state index in [1.165, 1.54) is 0 Å². The highest BCUT2D eigenvalue weighted by Gasteiger charge is 2.11. The van der Waals surface area contributed by atoms with Crippen LogP contribution in [-0.2, 0) is 4.79 Å². The summed E-state index contributed by atoms with van der Waals surface area (Å²) in [5.74, 6) is 0.206. The Kier molecular flexibility index (Phi) is 6.81. The zero-order chi connectivity index (χ0) is 13.2. The van der Waals surface area contributed by atoms with Crippen LogP contribution in [-0.4, -0.2) is 24.2 Å². The van der Waals surface area contributed by atoms with Crippen LogP contribution in [0.3, 0.4) is 0 Å². The molecule has 0 bridgehead atoms. The first-order valence-corrected chi connectivity index (χ1v) is 6.31. The molecule has 0 spiro atoms. The molecule has 0 heterocycles. The van der Waals surface area contributed by atoms with Gasteiger partial charge in [-0.1, -0.05) is 36.4 Å². The molecule has 1 aromatic rings. The number of hydrogen-bond donors (Lipinski definition) is 2. The molecular formula is C15H21NO2. The summed E-state index contributed by atoms with van der Waals surface area (Å²) in [5, 5.41) is 12.0. The summed E-state index contributed by atoms with van der Waals surface area (Å²) < 4.78 is 0. The number of carbonyl (C=O) groups excluding carboxylic acids is 1. The van der Waals surface area contributed by atoms with Crippen molar-refractivity contribution in [3.63, 3.8) is 0 Å². The lowest BCUT2D eigenvalue weighted by molar-refractivity contribution is -0.121. The Morgan fingerprint density at radius 3 is 2.72 bits per heavy atom. The van der Waals surface area contributed by atoms with E-state index in [1.807, 2.05) is 30.3 Å². The summed E-state index contributed by atoms with van der Waals surface area (Å²) >= 11 is 0. The fraction of sp³-hybridized carbons (Fsp3) is 0.400. The van der Waals surface area contributed by atoms with E-state index in [4.69, 9.17) is 5.11 Å². The van der Waals surface area contributed by atoms with Crippen molar-refractivity contribution in [3.05, 3.63) is 48.6 Å². The first-order chi connectivity index (χ1) is 8.77. The predicted molar refractivity (Wildman–Crippen MR) is 73.3 cm³/mol. The van der Waals surface area contributed by atoms with Gasteiger partial charge in [-0.15, -0.1) is 6.58 Å². The molecule has 0 aromatic heterocycles. The van der Waals surface area contributed by atoms with Gasteiger partial charge in [0.1, 0.15) is 0 Å². The normalized spacial score (nSPS) is 11.8. The van der Waals surface area contributed by atoms with E-state index in [0.29, 0.717) is 25.8 Å². The van der Waals surface area contributed by atoms with Crippen LogP contribution in [0.5, 0.6) is 0 Å². The molecule has 0 aliphatic rings. The Labute approximate surface area is 109 Å². The van der Waals surface area contributed by atoms with Gasteiger partial charge in [-0.25, -0.2) is 0 Å². The van der Waals surface area contributed by atoms with Crippen molar-refractivity contribution in [2.24, 2.45) is 0 Å². The number of benzene rings is 1. The maximum Gasteiger partial charge on any atom is 0.220 e. The number of hydrogen-bond acceptors (Lipinski definition) is 2. The van der Waals surface area contributed by atoms with Crippen LogP contribution >= 0.6 is 0 Å². The van der Waals surface area contributed by atoms with Gasteiger partial charge in [-0.2, -0.15) is 0 Å². The average Bonchev–Trinajstić information content (AvgIpc) is 2.42. The first-order valence-electron chi connectivity index (χ1n) is 6.31. The maximum absolute atomic E-state index is 11.5. The van der Waals surface area contributed by atoms with E-state index in [2.05, 4.69) is 11.9 Å². The summed E-state index contributed by atoms with van der Waals surface area (Å²) in [5.41, 5.74) is 1.15. The number of aliphatic hydroxyl groups is 1. The van der Waals surface area contributed by atoms with Crippen molar-refractivity contribution >= 4 is 5.91 Å². The maximum atomic E-state index is 11.5. The molecule has 1 amide bonds. The monoisotopic (exact) mass is 247 g/mol. The molecule has 0 fully saturated rings. The third-order valence-corrected chi connectivity index (χ3v) is 2.87. The van der Waals surface area contributed by atoms with E-state index < -0.39 is 0 Å². The van der Waals surface area contributed by atoms with Gasteiger partial charge in [0.15, 0.2) is 0 Å². The lowest BCUT2D eigenvalue weighted by Crippen LogP contribution is -2.28. The van der Waals surface area contributed by atoms with Gasteiger partial charge < -0.3 is 10.4 Å². The molecule has 0 saturated carbocycles. The number of nitrogens with one attached hydrogen (secondary N) is 1. The molecule has 0 saturated heterocycles. The number of allylic oxidation sites excluding steroid dienone is 1. The second-order valence-electron chi connectivity index (χ2n) is 4.25. The Morgan fingerprint density at radius 2 is 2.11 bits per heavy atom. The summed E-state index contributed by atoms with van der Waals surface area (Å²) in [6.45, 7) is 4.29. The van der Waals surface area contributed by atoms with Crippen molar-refractivity contribution in [1.29, 1.82) is 0 Å². The Morgan fingerprint density at radius 1 is 1.39 bits per heavy atom. The minimum absolute atomic E-state index is 0.0359. The van der Waals surface area contributed by atoms with Crippen LogP contribution in [0, 0.1) is 0 Å². The number of amides is 1. The van der Waals surface area contributed by atoms with Crippen LogP contribution in [0.4, 0.5) is 0 Å². The van der Waals surface area contributed by atoms with Crippen LogP contribution in [0.2, 0.25) is 0 Å². The molecule has 3 nitrogen and oxygen atoms in total. The topological polar surface area (TPSA) is 49.3 Å². The molecule has 1 rings (SSSR count). The molecule has 2 N–H and O–H groups in total. The first kappa shape index (κ1) is 14.5. The van der Waals surface area contributed by atoms with Crippen molar-refractivity contribution in [3.8, 4) is 0 Å². The zero-order valence-electron chi connectivity index (χ0n) is 10.6. The number of rotatable bonds is 8. The van der Waals surface area contributed by atoms with Crippen LogP contribution in [0.25, 0.3) is 0 Å². The smallest absolute Gasteiger partial charge is 0.220 e. The molecule has 0 aliphatic carbocycles. The molecule has 1 unspecified atom stereocenters. The highest BCUT2D eigenvalue weighted by Crippen LogP contribution is 2.18. The lowest BCUT2D eigenvalue weighted by Gasteiger charge is -2.17. The van der Waals surface area contributed by atoms with Gasteiger partial charge in [0.25, 0.3) is 0 Å². The molecule has 18 heavy (non-hydrogen) atoms. The molecule has 1 atom stereocenters. The molecule has 3 heteroatoms. The standard InChI is InChI=1S/C15H21NO2/c1-2-3-9-15(18)16-12-14(10-11-17)13-7-5-4-6-8-13/h2,4-8,14,17H,1,3,9-12H2,(H,16,18). The van der Waals surface area contributed by atoms with E-state index in [9.17, 15) is 4.79 Å². The Hall–Kier alpha value is -1.61. The predicted octanol–water partition coefficient (Wildman–Crippen LogP) is 2.24. The van der Waals surface area contributed by atoms with Gasteiger partial charge in [0.2, 0.25) is 5.91 Å². The van der Waals surface area contributed by atoms with Crippen molar-refractivity contribution in [2.45, 2.75) is 25.2 Å². The fourth-order valence-electron chi connectivity index (χ4n) is 1.83. The highest BCUT2D eigenvalue weighted by atomic mass is 16.3. The number of aliphatic hydroxyl groups excluding tert-OH is 1. The second kappa shape index (κ2) is 8.48. The lowest BCUT2D eigenvalue weighted by atomic mass is 9.96. The van der Waals surface area contributed by atoms with E-state index in [0.717, 1.165) is 5.56 Å². The minimum atomic E-state index is 0.0359. The third-order valence-electron chi connectivity index (χ3n) is 2.87. The summed E-state index contributed by atoms with van der Waals surface area (Å²) in [4.78, 5) is 11.5. The van der Waals surface area contributed by atoms with Crippen LogP contribution in [0.15, 0.2) is 43.0 Å². The third kappa shape index (κ3) is 5.15. The molecular weight excluding hydrogens is 226 g/mol. The Balaban J connectivity index is 2.48. The molecule has 1 aromatic carbocycles. The Bertz CT molecular complexity index is 362. The van der Waals surface area contributed by atoms with Gasteiger partial charge in [-0.3, -0.25) is 4.79 Å². The van der Waals surface area contributed by atoms with Crippen molar-refractivity contribution in [2.75, 3.05) is 13.2 Å². The largest absolute Gasteiger partial charge is 0.396 e. The van der Waals surface area contributed by atoms with Gasteiger partial charge >= 0.3 is 0 Å². The van der Waals surface area contributed by atoms with Gasteiger partial charge in [-0.05, 0) is 18.4 Å². The quantitative estimate of drug-likeness (QED) is 0.692. The SMILES string of the molecule is C=CCCC(=O)NCC(CCO)c1ccccc1. The van der Waals surface area contributed by atoms with Crippen molar-refractivity contribution < 1.29 is 9.90 Å². The summed E-state index contributed by atoms with van der Waals surface area (Å²) in [7, 11) is 0. The van der Waals surface area contributed by atoms with E-state index >= 15 is 0 Å². The highest BCUT2D eigenvalue weighted by molar-refractivity contribution is 5.76. The van der Waals surface area contributed by atoms with Gasteiger partial charge in [0, 0.05) is 25.5 Å². The average molecular weight is 247 g/mol. The van der Waals surface area contributed by atoms with E-state index in [-0.39, 0.29) is 18.4 Å². The summed E-state index contributed by atoms with van der Waals surface area (Å²) in [6.07, 6.45) is 3.57. The molecule has 98 valence electrons. The van der Waals surface area contributed by atoms with Crippen LogP contribution in [0.1, 0.15) is 30.7 Å². The van der Waals surface area contributed by atoms with E-state index in [1.54, 1.807) is 6.08 Å². The second-order valence-corrected chi connectivity index (χ2v) is 4.25. The number of carbonyl (C=O) groups is 1. The minimum Gasteiger partial charge on any atom is -0.396 e. The van der Waals surface area contributed by atoms with Crippen molar-refractivity contribution in [1.82, 2.24) is 5.32 Å². The summed E-state index contributed by atoms with van der Waals surface area (Å²) in [6, 6.07) is 9.95. The van der Waals surface area contributed by atoms with Crippen LogP contribution < -0.4 is 5.32 Å². The zero-order valence-corrected chi connectivity index (χ0v) is 10.6. The molecule has 0 aliphatic heterocycles.